The van der Waals surface area contributed by atoms with E-state index < -0.39 is 0 Å². The first-order valence-corrected chi connectivity index (χ1v) is 7.02. The second kappa shape index (κ2) is 5.82. The van der Waals surface area contributed by atoms with E-state index in [2.05, 4.69) is 10.1 Å². The van der Waals surface area contributed by atoms with E-state index >= 15 is 0 Å². The fourth-order valence-corrected chi connectivity index (χ4v) is 2.54. The highest BCUT2D eigenvalue weighted by Crippen LogP contribution is 2.25. The zero-order valence-electron chi connectivity index (χ0n) is 11.3. The number of nitrogens with zero attached hydrogens (tertiary/aromatic N) is 3. The van der Waals surface area contributed by atoms with Crippen molar-refractivity contribution in [2.75, 3.05) is 0 Å². The number of aromatic nitrogens is 2. The van der Waals surface area contributed by atoms with Crippen LogP contribution in [-0.4, -0.2) is 15.7 Å². The lowest BCUT2D eigenvalue weighted by atomic mass is 10.1. The van der Waals surface area contributed by atoms with Gasteiger partial charge in [-0.15, -0.1) is 0 Å². The summed E-state index contributed by atoms with van der Waals surface area (Å²) in [5.41, 5.74) is 0.987. The highest BCUT2D eigenvalue weighted by Gasteiger charge is 2.21. The van der Waals surface area contributed by atoms with Crippen LogP contribution >= 0.6 is 0 Å². The normalized spacial score (nSPS) is 16.5. The van der Waals surface area contributed by atoms with Crippen molar-refractivity contribution in [3.63, 3.8) is 0 Å². The van der Waals surface area contributed by atoms with Crippen molar-refractivity contribution >= 4 is 5.91 Å². The van der Waals surface area contributed by atoms with E-state index in [1.54, 1.807) is 10.9 Å². The molecule has 0 saturated heterocycles. The lowest BCUT2D eigenvalue weighted by Gasteiger charge is -2.04. The molecule has 2 aromatic rings. The molecule has 1 saturated carbocycles. The summed E-state index contributed by atoms with van der Waals surface area (Å²) in [5.74, 6) is 0.123. The minimum atomic E-state index is 0.00163. The lowest BCUT2D eigenvalue weighted by Crippen LogP contribution is -2.15. The molecule has 1 aliphatic rings. The number of rotatable bonds is 2. The maximum absolute atomic E-state index is 12.0. The van der Waals surface area contributed by atoms with Gasteiger partial charge in [0.2, 0.25) is 5.91 Å². The average Bonchev–Trinajstić information content (AvgIpc) is 3.03. The number of hydrogen-bond donors (Lipinski definition) is 0. The first kappa shape index (κ1) is 12.8. The Morgan fingerprint density at radius 2 is 1.90 bits per heavy atom. The largest absolute Gasteiger partial charge is 0.272 e. The van der Waals surface area contributed by atoms with E-state index in [-0.39, 0.29) is 11.8 Å². The van der Waals surface area contributed by atoms with Crippen LogP contribution in [0.3, 0.4) is 0 Å². The third kappa shape index (κ3) is 2.85. The molecular weight excluding hydrogens is 250 g/mol. The van der Waals surface area contributed by atoms with Gasteiger partial charge in [-0.1, -0.05) is 31.0 Å². The SMILES string of the molecule is O=C(N=c1ccn(-c2ccccc2)nc1)C1CCCC1. The predicted octanol–water partition coefficient (Wildman–Crippen LogP) is 2.49. The van der Waals surface area contributed by atoms with Gasteiger partial charge >= 0.3 is 0 Å². The van der Waals surface area contributed by atoms with Gasteiger partial charge in [0.15, 0.2) is 0 Å². The van der Waals surface area contributed by atoms with E-state index in [0.29, 0.717) is 5.36 Å². The van der Waals surface area contributed by atoms with E-state index in [1.165, 1.54) is 0 Å². The predicted molar refractivity (Wildman–Crippen MR) is 76.1 cm³/mol. The van der Waals surface area contributed by atoms with E-state index in [4.69, 9.17) is 0 Å². The van der Waals surface area contributed by atoms with Crippen LogP contribution in [0.25, 0.3) is 5.69 Å². The Hall–Kier alpha value is -2.23. The number of amides is 1. The fourth-order valence-electron chi connectivity index (χ4n) is 2.54. The van der Waals surface area contributed by atoms with Crippen molar-refractivity contribution in [3.05, 3.63) is 54.1 Å². The molecule has 0 spiro atoms. The molecule has 0 unspecified atom stereocenters. The number of hydrogen-bond acceptors (Lipinski definition) is 2. The Kier molecular flexibility index (Phi) is 3.72. The number of carbonyl (C=O) groups is 1. The molecule has 1 aromatic carbocycles. The molecule has 1 fully saturated rings. The minimum absolute atomic E-state index is 0.00163. The Morgan fingerprint density at radius 3 is 2.55 bits per heavy atom. The molecule has 1 heterocycles. The van der Waals surface area contributed by atoms with E-state index in [0.717, 1.165) is 31.4 Å². The van der Waals surface area contributed by atoms with Crippen molar-refractivity contribution in [2.24, 2.45) is 10.9 Å². The van der Waals surface area contributed by atoms with Crippen LogP contribution < -0.4 is 5.36 Å². The van der Waals surface area contributed by atoms with Gasteiger partial charge in [-0.25, -0.2) is 9.67 Å². The molecule has 4 heteroatoms. The van der Waals surface area contributed by atoms with E-state index in [9.17, 15) is 4.79 Å². The molecular formula is C16H17N3O. The Bertz CT molecular complexity index is 634. The molecule has 1 amide bonds. The van der Waals surface area contributed by atoms with Crippen molar-refractivity contribution in [1.82, 2.24) is 9.78 Å². The molecule has 4 nitrogen and oxygen atoms in total. The van der Waals surface area contributed by atoms with Crippen LogP contribution in [0.4, 0.5) is 0 Å². The molecule has 20 heavy (non-hydrogen) atoms. The first-order valence-electron chi connectivity index (χ1n) is 7.02. The Balaban J connectivity index is 1.80. The van der Waals surface area contributed by atoms with E-state index in [1.807, 2.05) is 42.6 Å². The van der Waals surface area contributed by atoms with Crippen LogP contribution in [0.15, 0.2) is 53.8 Å². The second-order valence-electron chi connectivity index (χ2n) is 5.10. The van der Waals surface area contributed by atoms with Crippen molar-refractivity contribution in [2.45, 2.75) is 25.7 Å². The zero-order chi connectivity index (χ0) is 13.8. The fraction of sp³-hybridized carbons (Fsp3) is 0.312. The van der Waals surface area contributed by atoms with Crippen LogP contribution in [0.5, 0.6) is 0 Å². The highest BCUT2D eigenvalue weighted by molar-refractivity contribution is 5.79. The number of benzene rings is 1. The van der Waals surface area contributed by atoms with Crippen molar-refractivity contribution < 1.29 is 4.79 Å². The summed E-state index contributed by atoms with van der Waals surface area (Å²) in [4.78, 5) is 16.1. The van der Waals surface area contributed by atoms with Crippen LogP contribution in [0.2, 0.25) is 0 Å². The van der Waals surface area contributed by atoms with Gasteiger partial charge in [0, 0.05) is 12.1 Å². The topological polar surface area (TPSA) is 47.2 Å². The van der Waals surface area contributed by atoms with Gasteiger partial charge in [-0.05, 0) is 31.0 Å². The lowest BCUT2D eigenvalue weighted by molar-refractivity contribution is -0.121. The molecule has 1 aliphatic carbocycles. The third-order valence-corrected chi connectivity index (χ3v) is 3.67. The van der Waals surface area contributed by atoms with Crippen LogP contribution in [0, 0.1) is 5.92 Å². The first-order chi connectivity index (χ1) is 9.83. The van der Waals surface area contributed by atoms with Crippen LogP contribution in [-0.2, 0) is 4.79 Å². The molecule has 0 atom stereocenters. The maximum Gasteiger partial charge on any atom is 0.249 e. The standard InChI is InChI=1S/C16H17N3O/c20-16(13-6-4-5-7-13)18-14-10-11-19(17-12-14)15-8-2-1-3-9-15/h1-3,8-13H,4-7H2. The summed E-state index contributed by atoms with van der Waals surface area (Å²) in [6, 6.07) is 11.7. The summed E-state index contributed by atoms with van der Waals surface area (Å²) in [6.45, 7) is 0. The van der Waals surface area contributed by atoms with Gasteiger partial charge in [-0.3, -0.25) is 4.79 Å². The molecule has 0 aliphatic heterocycles. The molecule has 0 bridgehead atoms. The highest BCUT2D eigenvalue weighted by atomic mass is 16.1. The van der Waals surface area contributed by atoms with Crippen LogP contribution in [0.1, 0.15) is 25.7 Å². The molecule has 102 valence electrons. The Labute approximate surface area is 117 Å². The van der Waals surface area contributed by atoms with Gasteiger partial charge in [0.05, 0.1) is 17.2 Å². The molecule has 0 radical (unpaired) electrons. The van der Waals surface area contributed by atoms with Gasteiger partial charge < -0.3 is 0 Å². The molecule has 0 N–H and O–H groups in total. The summed E-state index contributed by atoms with van der Waals surface area (Å²) in [5, 5.41) is 4.93. The average molecular weight is 267 g/mol. The summed E-state index contributed by atoms with van der Waals surface area (Å²) < 4.78 is 1.76. The van der Waals surface area contributed by atoms with Gasteiger partial charge in [-0.2, -0.15) is 5.10 Å². The molecule has 3 rings (SSSR count). The number of carbonyl (C=O) groups excluding carboxylic acids is 1. The summed E-state index contributed by atoms with van der Waals surface area (Å²) in [7, 11) is 0. The molecule has 1 aromatic heterocycles. The Morgan fingerprint density at radius 1 is 1.15 bits per heavy atom. The van der Waals surface area contributed by atoms with Gasteiger partial charge in [0.1, 0.15) is 0 Å². The van der Waals surface area contributed by atoms with Crippen molar-refractivity contribution in [1.29, 1.82) is 0 Å². The van der Waals surface area contributed by atoms with Crippen molar-refractivity contribution in [3.8, 4) is 5.69 Å². The van der Waals surface area contributed by atoms with Gasteiger partial charge in [0.25, 0.3) is 0 Å². The summed E-state index contributed by atoms with van der Waals surface area (Å²) >= 11 is 0. The maximum atomic E-state index is 12.0. The number of para-hydroxylation sites is 1. The summed E-state index contributed by atoms with van der Waals surface area (Å²) in [6.07, 6.45) is 7.72. The monoisotopic (exact) mass is 267 g/mol. The smallest absolute Gasteiger partial charge is 0.249 e. The second-order valence-corrected chi connectivity index (χ2v) is 5.10. The third-order valence-electron chi connectivity index (χ3n) is 3.67. The zero-order valence-corrected chi connectivity index (χ0v) is 11.3. The quantitative estimate of drug-likeness (QED) is 0.839. The minimum Gasteiger partial charge on any atom is -0.272 e.